The first-order valence-electron chi connectivity index (χ1n) is 4.16. The average Bonchev–Trinajstić information content (AvgIpc) is 2.88. The molecule has 1 aliphatic rings. The maximum absolute atomic E-state index is 3.75. The van der Waals surface area contributed by atoms with Crippen molar-refractivity contribution in [2.24, 2.45) is 5.10 Å². The zero-order chi connectivity index (χ0) is 8.44. The zero-order valence-corrected chi connectivity index (χ0v) is 6.96. The third kappa shape index (κ3) is 1.09. The maximum atomic E-state index is 3.75. The van der Waals surface area contributed by atoms with E-state index in [4.69, 9.17) is 0 Å². The van der Waals surface area contributed by atoms with Gasteiger partial charge in [0.2, 0.25) is 0 Å². The molecule has 0 spiro atoms. The second-order valence-electron chi connectivity index (χ2n) is 3.22. The van der Waals surface area contributed by atoms with E-state index in [2.05, 4.69) is 41.5 Å². The monoisotopic (exact) mass is 160 g/mol. The van der Waals surface area contributed by atoms with Gasteiger partial charge in [-0.15, -0.1) is 0 Å². The van der Waals surface area contributed by atoms with Crippen LogP contribution in [0.25, 0.3) is 0 Å². The van der Waals surface area contributed by atoms with Crippen LogP contribution in [0, 0.1) is 0 Å². The number of hydrogen-bond donors (Lipinski definition) is 1. The van der Waals surface area contributed by atoms with Crippen LogP contribution in [0.3, 0.4) is 0 Å². The molecule has 0 aromatic heterocycles. The summed E-state index contributed by atoms with van der Waals surface area (Å²) in [6, 6.07) is 10.4. The van der Waals surface area contributed by atoms with Gasteiger partial charge in [0, 0.05) is 6.72 Å². The Kier molecular flexibility index (Phi) is 1.61. The maximum Gasteiger partial charge on any atom is 0.0798 e. The lowest BCUT2D eigenvalue weighted by Crippen LogP contribution is -2.23. The van der Waals surface area contributed by atoms with Crippen LogP contribution in [0.4, 0.5) is 0 Å². The number of hydrogen-bond acceptors (Lipinski definition) is 2. The lowest BCUT2D eigenvalue weighted by molar-refractivity contribution is 0.547. The lowest BCUT2D eigenvalue weighted by atomic mass is 10.1. The molecule has 0 amide bonds. The highest BCUT2D eigenvalue weighted by Crippen LogP contribution is 2.45. The molecule has 2 heteroatoms. The number of benzene rings is 1. The van der Waals surface area contributed by atoms with Crippen LogP contribution < -0.4 is 5.43 Å². The summed E-state index contributed by atoms with van der Waals surface area (Å²) in [4.78, 5) is 0. The van der Waals surface area contributed by atoms with Gasteiger partial charge in [-0.25, -0.2) is 0 Å². The van der Waals surface area contributed by atoms with Gasteiger partial charge in [-0.05, 0) is 18.4 Å². The molecule has 1 aromatic rings. The van der Waals surface area contributed by atoms with Crippen molar-refractivity contribution in [1.82, 2.24) is 5.43 Å². The minimum atomic E-state index is 0.114. The Balaban J connectivity index is 2.25. The second kappa shape index (κ2) is 2.63. The standard InChI is InChI=1S/C10H12N2/c1-11-12-10(7-8-10)9-5-3-2-4-6-9/h2-6,12H,1,7-8H2. The van der Waals surface area contributed by atoms with Crippen LogP contribution >= 0.6 is 0 Å². The van der Waals surface area contributed by atoms with Crippen molar-refractivity contribution in [2.75, 3.05) is 0 Å². The molecular weight excluding hydrogens is 148 g/mol. The fourth-order valence-electron chi connectivity index (χ4n) is 1.50. The molecule has 12 heavy (non-hydrogen) atoms. The van der Waals surface area contributed by atoms with Crippen molar-refractivity contribution in [3.05, 3.63) is 35.9 Å². The van der Waals surface area contributed by atoms with Gasteiger partial charge in [0.05, 0.1) is 5.54 Å². The van der Waals surface area contributed by atoms with Crippen molar-refractivity contribution >= 4 is 6.72 Å². The highest BCUT2D eigenvalue weighted by atomic mass is 15.3. The first kappa shape index (κ1) is 7.35. The molecule has 1 aromatic carbocycles. The Morgan fingerprint density at radius 2 is 1.92 bits per heavy atom. The number of hydrazone groups is 1. The summed E-state index contributed by atoms with van der Waals surface area (Å²) in [5, 5.41) is 3.75. The molecule has 0 atom stereocenters. The van der Waals surface area contributed by atoms with E-state index in [0.29, 0.717) is 0 Å². The molecule has 0 saturated heterocycles. The van der Waals surface area contributed by atoms with Crippen molar-refractivity contribution < 1.29 is 0 Å². The fourth-order valence-corrected chi connectivity index (χ4v) is 1.50. The molecule has 62 valence electrons. The van der Waals surface area contributed by atoms with Gasteiger partial charge < -0.3 is 5.43 Å². The Morgan fingerprint density at radius 3 is 2.42 bits per heavy atom. The van der Waals surface area contributed by atoms with E-state index in [1.165, 1.54) is 5.56 Å². The van der Waals surface area contributed by atoms with Crippen molar-refractivity contribution in [3.63, 3.8) is 0 Å². The van der Waals surface area contributed by atoms with E-state index < -0.39 is 0 Å². The van der Waals surface area contributed by atoms with Gasteiger partial charge in [0.25, 0.3) is 0 Å². The van der Waals surface area contributed by atoms with Crippen molar-refractivity contribution in [2.45, 2.75) is 18.4 Å². The minimum absolute atomic E-state index is 0.114. The van der Waals surface area contributed by atoms with Crippen LogP contribution in [0.5, 0.6) is 0 Å². The van der Waals surface area contributed by atoms with E-state index in [9.17, 15) is 0 Å². The largest absolute Gasteiger partial charge is 0.300 e. The van der Waals surface area contributed by atoms with E-state index in [1.54, 1.807) is 0 Å². The summed E-state index contributed by atoms with van der Waals surface area (Å²) in [5.41, 5.74) is 4.49. The number of rotatable bonds is 3. The highest BCUT2D eigenvalue weighted by Gasteiger charge is 2.44. The Bertz CT molecular complexity index is 275. The Hall–Kier alpha value is -1.31. The predicted octanol–water partition coefficient (Wildman–Crippen LogP) is 1.88. The van der Waals surface area contributed by atoms with Gasteiger partial charge in [-0.3, -0.25) is 0 Å². The Labute approximate surface area is 72.3 Å². The summed E-state index contributed by atoms with van der Waals surface area (Å²) in [5.74, 6) is 0. The van der Waals surface area contributed by atoms with E-state index in [0.717, 1.165) is 12.8 Å². The first-order valence-corrected chi connectivity index (χ1v) is 4.16. The van der Waals surface area contributed by atoms with Gasteiger partial charge in [0.1, 0.15) is 0 Å². The van der Waals surface area contributed by atoms with Crippen LogP contribution in [0.15, 0.2) is 35.4 Å². The molecule has 1 fully saturated rings. The normalized spacial score (nSPS) is 18.3. The summed E-state index contributed by atoms with van der Waals surface area (Å²) in [6.45, 7) is 3.45. The van der Waals surface area contributed by atoms with Gasteiger partial charge >= 0.3 is 0 Å². The third-order valence-corrected chi connectivity index (χ3v) is 2.37. The fraction of sp³-hybridized carbons (Fsp3) is 0.300. The summed E-state index contributed by atoms with van der Waals surface area (Å²) < 4.78 is 0. The molecule has 0 aliphatic heterocycles. The van der Waals surface area contributed by atoms with Crippen LogP contribution in [-0.4, -0.2) is 6.72 Å². The van der Waals surface area contributed by atoms with Gasteiger partial charge in [-0.1, -0.05) is 30.3 Å². The second-order valence-corrected chi connectivity index (χ2v) is 3.22. The topological polar surface area (TPSA) is 24.4 Å². The Morgan fingerprint density at radius 1 is 1.25 bits per heavy atom. The number of nitrogens with one attached hydrogen (secondary N) is 1. The predicted molar refractivity (Wildman–Crippen MR) is 50.0 cm³/mol. The van der Waals surface area contributed by atoms with Crippen LogP contribution in [-0.2, 0) is 5.54 Å². The van der Waals surface area contributed by atoms with Crippen molar-refractivity contribution in [1.29, 1.82) is 0 Å². The zero-order valence-electron chi connectivity index (χ0n) is 6.96. The highest BCUT2D eigenvalue weighted by molar-refractivity contribution is 5.31. The average molecular weight is 160 g/mol. The molecule has 0 radical (unpaired) electrons. The molecule has 1 N–H and O–H groups in total. The SMILES string of the molecule is C=NNC1(c2ccccc2)CC1. The van der Waals surface area contributed by atoms with Crippen LogP contribution in [0.1, 0.15) is 18.4 Å². The summed E-state index contributed by atoms with van der Waals surface area (Å²) >= 11 is 0. The van der Waals surface area contributed by atoms with E-state index >= 15 is 0 Å². The third-order valence-electron chi connectivity index (χ3n) is 2.37. The van der Waals surface area contributed by atoms with Crippen molar-refractivity contribution in [3.8, 4) is 0 Å². The van der Waals surface area contributed by atoms with Crippen LogP contribution in [0.2, 0.25) is 0 Å². The van der Waals surface area contributed by atoms with E-state index in [1.807, 2.05) is 6.07 Å². The number of nitrogens with zero attached hydrogens (tertiary/aromatic N) is 1. The first-order chi connectivity index (χ1) is 5.87. The molecule has 1 saturated carbocycles. The minimum Gasteiger partial charge on any atom is -0.300 e. The van der Waals surface area contributed by atoms with Gasteiger partial charge in [0.15, 0.2) is 0 Å². The molecule has 0 bridgehead atoms. The summed E-state index contributed by atoms with van der Waals surface area (Å²) in [7, 11) is 0. The molecule has 0 heterocycles. The molecule has 0 unspecified atom stereocenters. The molecule has 1 aliphatic carbocycles. The molecule has 2 nitrogen and oxygen atoms in total. The lowest BCUT2D eigenvalue weighted by Gasteiger charge is -2.14. The quantitative estimate of drug-likeness (QED) is 0.530. The molecule has 2 rings (SSSR count). The van der Waals surface area contributed by atoms with E-state index in [-0.39, 0.29) is 5.54 Å². The van der Waals surface area contributed by atoms with Gasteiger partial charge in [-0.2, -0.15) is 5.10 Å². The smallest absolute Gasteiger partial charge is 0.0798 e. The summed E-state index contributed by atoms with van der Waals surface area (Å²) in [6.07, 6.45) is 2.33. The molecular formula is C10H12N2.